The van der Waals surface area contributed by atoms with Crippen molar-refractivity contribution in [2.45, 2.75) is 25.7 Å². The average Bonchev–Trinajstić information content (AvgIpc) is 2.37. The molecule has 0 radical (unpaired) electrons. The van der Waals surface area contributed by atoms with Crippen molar-refractivity contribution in [3.05, 3.63) is 28.2 Å². The van der Waals surface area contributed by atoms with Crippen molar-refractivity contribution >= 4 is 15.9 Å². The molecule has 1 aliphatic rings. The minimum Gasteiger partial charge on any atom is -0.493 e. The van der Waals surface area contributed by atoms with Gasteiger partial charge in [-0.3, -0.25) is 0 Å². The Morgan fingerprint density at radius 3 is 2.68 bits per heavy atom. The highest BCUT2D eigenvalue weighted by atomic mass is 79.9. The molecule has 1 aromatic rings. The Kier molecular flexibility index (Phi) is 4.79. The molecule has 0 bridgehead atoms. The molecule has 2 rings (SSSR count). The van der Waals surface area contributed by atoms with E-state index in [1.54, 1.807) is 12.1 Å². The summed E-state index contributed by atoms with van der Waals surface area (Å²) in [5.41, 5.74) is -0.0751. The van der Waals surface area contributed by atoms with Crippen LogP contribution >= 0.6 is 15.9 Å². The molecule has 0 N–H and O–H groups in total. The monoisotopic (exact) mass is 334 g/mol. The van der Waals surface area contributed by atoms with E-state index in [9.17, 15) is 8.78 Å². The molecule has 0 unspecified atom stereocenters. The summed E-state index contributed by atoms with van der Waals surface area (Å²) in [6, 6.07) is 4.73. The van der Waals surface area contributed by atoms with Gasteiger partial charge >= 0.3 is 0 Å². The fraction of sp³-hybridized carbons (Fsp3) is 0.571. The predicted molar refractivity (Wildman–Crippen MR) is 72.7 cm³/mol. The van der Waals surface area contributed by atoms with Crippen LogP contribution in [0.2, 0.25) is 0 Å². The fourth-order valence-electron chi connectivity index (χ4n) is 2.09. The SMILES string of the molecule is CC(F)(F)c1cc(Br)ccc1OCC1CCOCC1. The molecule has 106 valence electrons. The van der Waals surface area contributed by atoms with Crippen LogP contribution in [0.15, 0.2) is 22.7 Å². The number of ether oxygens (including phenoxy) is 2. The first-order valence-electron chi connectivity index (χ1n) is 6.35. The lowest BCUT2D eigenvalue weighted by molar-refractivity contribution is 0.0121. The van der Waals surface area contributed by atoms with E-state index >= 15 is 0 Å². The molecule has 1 fully saturated rings. The van der Waals surface area contributed by atoms with E-state index in [2.05, 4.69) is 15.9 Å². The van der Waals surface area contributed by atoms with E-state index in [4.69, 9.17) is 9.47 Å². The Balaban J connectivity index is 2.06. The molecule has 0 aromatic heterocycles. The van der Waals surface area contributed by atoms with Gasteiger partial charge in [0.1, 0.15) is 5.75 Å². The zero-order chi connectivity index (χ0) is 13.9. The van der Waals surface area contributed by atoms with Crippen LogP contribution in [0.5, 0.6) is 5.75 Å². The van der Waals surface area contributed by atoms with Crippen LogP contribution in [0, 0.1) is 5.92 Å². The number of benzene rings is 1. The lowest BCUT2D eigenvalue weighted by Gasteiger charge is -2.23. The smallest absolute Gasteiger partial charge is 0.274 e. The average molecular weight is 335 g/mol. The summed E-state index contributed by atoms with van der Waals surface area (Å²) in [6.07, 6.45) is 1.85. The van der Waals surface area contributed by atoms with E-state index in [1.165, 1.54) is 6.07 Å². The molecule has 5 heteroatoms. The summed E-state index contributed by atoms with van der Waals surface area (Å²) in [5, 5.41) is 0. The van der Waals surface area contributed by atoms with E-state index in [1.807, 2.05) is 0 Å². The first kappa shape index (κ1) is 14.7. The van der Waals surface area contributed by atoms with Crippen molar-refractivity contribution in [1.82, 2.24) is 0 Å². The third-order valence-corrected chi connectivity index (χ3v) is 3.72. The number of rotatable bonds is 4. The Bertz CT molecular complexity index is 426. The number of hydrogen-bond acceptors (Lipinski definition) is 2. The lowest BCUT2D eigenvalue weighted by Crippen LogP contribution is -2.22. The fourth-order valence-corrected chi connectivity index (χ4v) is 2.45. The van der Waals surface area contributed by atoms with Crippen LogP contribution in [0.25, 0.3) is 0 Å². The maximum absolute atomic E-state index is 13.5. The van der Waals surface area contributed by atoms with Gasteiger partial charge in [-0.15, -0.1) is 0 Å². The van der Waals surface area contributed by atoms with Gasteiger partial charge in [0, 0.05) is 24.6 Å². The normalized spacial score (nSPS) is 17.5. The standard InChI is InChI=1S/C14H17BrF2O2/c1-14(16,17)12-8-11(15)2-3-13(12)19-9-10-4-6-18-7-5-10/h2-3,8,10H,4-7,9H2,1H3. The molecule has 1 heterocycles. The zero-order valence-corrected chi connectivity index (χ0v) is 12.4. The number of hydrogen-bond donors (Lipinski definition) is 0. The second-order valence-corrected chi connectivity index (χ2v) is 5.81. The van der Waals surface area contributed by atoms with Crippen molar-refractivity contribution in [3.8, 4) is 5.75 Å². The molecule has 1 saturated heterocycles. The van der Waals surface area contributed by atoms with Gasteiger partial charge in [0.15, 0.2) is 0 Å². The first-order chi connectivity index (χ1) is 8.97. The van der Waals surface area contributed by atoms with Crippen LogP contribution in [-0.2, 0) is 10.7 Å². The van der Waals surface area contributed by atoms with Crippen LogP contribution in [0.4, 0.5) is 8.78 Å². The Morgan fingerprint density at radius 1 is 1.37 bits per heavy atom. The molecule has 0 aliphatic carbocycles. The van der Waals surface area contributed by atoms with Gasteiger partial charge in [0.2, 0.25) is 0 Å². The van der Waals surface area contributed by atoms with Gasteiger partial charge in [-0.1, -0.05) is 15.9 Å². The van der Waals surface area contributed by atoms with E-state index in [0.717, 1.165) is 33.0 Å². The minimum atomic E-state index is -2.91. The third kappa shape index (κ3) is 4.14. The summed E-state index contributed by atoms with van der Waals surface area (Å²) < 4.78 is 38.6. The van der Waals surface area contributed by atoms with Crippen LogP contribution in [0.1, 0.15) is 25.3 Å². The zero-order valence-electron chi connectivity index (χ0n) is 10.8. The summed E-state index contributed by atoms with van der Waals surface area (Å²) in [5.74, 6) is -2.26. The Morgan fingerprint density at radius 2 is 2.05 bits per heavy atom. The molecule has 19 heavy (non-hydrogen) atoms. The molecule has 0 spiro atoms. The minimum absolute atomic E-state index is 0.0751. The van der Waals surface area contributed by atoms with Gasteiger partial charge < -0.3 is 9.47 Å². The van der Waals surface area contributed by atoms with Gasteiger partial charge in [-0.2, -0.15) is 0 Å². The molecule has 1 aliphatic heterocycles. The van der Waals surface area contributed by atoms with Gasteiger partial charge in [0.25, 0.3) is 5.92 Å². The van der Waals surface area contributed by atoms with Gasteiger partial charge in [0.05, 0.1) is 12.2 Å². The van der Waals surface area contributed by atoms with Crippen molar-refractivity contribution in [2.75, 3.05) is 19.8 Å². The van der Waals surface area contributed by atoms with Crippen molar-refractivity contribution in [1.29, 1.82) is 0 Å². The van der Waals surface area contributed by atoms with Crippen molar-refractivity contribution < 1.29 is 18.3 Å². The molecule has 1 aromatic carbocycles. The van der Waals surface area contributed by atoms with Gasteiger partial charge in [-0.05, 0) is 37.0 Å². The van der Waals surface area contributed by atoms with E-state index in [0.29, 0.717) is 17.0 Å². The number of halogens is 3. The molecular formula is C14H17BrF2O2. The van der Waals surface area contributed by atoms with Crippen molar-refractivity contribution in [3.63, 3.8) is 0 Å². The third-order valence-electron chi connectivity index (χ3n) is 3.23. The topological polar surface area (TPSA) is 18.5 Å². The predicted octanol–water partition coefficient (Wildman–Crippen LogP) is 4.37. The summed E-state index contributed by atoms with van der Waals surface area (Å²) >= 11 is 3.21. The molecular weight excluding hydrogens is 318 g/mol. The Hall–Kier alpha value is -0.680. The second-order valence-electron chi connectivity index (χ2n) is 4.90. The second kappa shape index (κ2) is 6.18. The van der Waals surface area contributed by atoms with Crippen molar-refractivity contribution in [2.24, 2.45) is 5.92 Å². The summed E-state index contributed by atoms with van der Waals surface area (Å²) in [4.78, 5) is 0. The molecule has 0 saturated carbocycles. The largest absolute Gasteiger partial charge is 0.493 e. The van der Waals surface area contributed by atoms with Crippen LogP contribution < -0.4 is 4.74 Å². The van der Waals surface area contributed by atoms with Gasteiger partial charge in [-0.25, -0.2) is 8.78 Å². The molecule has 0 atom stereocenters. The molecule has 2 nitrogen and oxygen atoms in total. The summed E-state index contributed by atoms with van der Waals surface area (Å²) in [7, 11) is 0. The lowest BCUT2D eigenvalue weighted by atomic mass is 10.0. The van der Waals surface area contributed by atoms with E-state index < -0.39 is 5.92 Å². The first-order valence-corrected chi connectivity index (χ1v) is 7.14. The highest BCUT2D eigenvalue weighted by molar-refractivity contribution is 9.10. The summed E-state index contributed by atoms with van der Waals surface area (Å²) in [6.45, 7) is 2.81. The number of alkyl halides is 2. The maximum atomic E-state index is 13.5. The maximum Gasteiger partial charge on any atom is 0.274 e. The molecule has 0 amide bonds. The highest BCUT2D eigenvalue weighted by Gasteiger charge is 2.29. The Labute approximate surface area is 120 Å². The van der Waals surface area contributed by atoms with Crippen LogP contribution in [-0.4, -0.2) is 19.8 Å². The highest BCUT2D eigenvalue weighted by Crippen LogP contribution is 2.36. The van der Waals surface area contributed by atoms with Crippen LogP contribution in [0.3, 0.4) is 0 Å². The van der Waals surface area contributed by atoms with E-state index in [-0.39, 0.29) is 11.3 Å². The quantitative estimate of drug-likeness (QED) is 0.814.